The molecule has 2 amide bonds. The van der Waals surface area contributed by atoms with Crippen LogP contribution in [0.15, 0.2) is 47.1 Å². The van der Waals surface area contributed by atoms with Crippen molar-refractivity contribution in [2.75, 3.05) is 19.6 Å². The van der Waals surface area contributed by atoms with E-state index in [1.54, 1.807) is 13.2 Å². The van der Waals surface area contributed by atoms with E-state index in [0.717, 1.165) is 44.7 Å². The van der Waals surface area contributed by atoms with Crippen LogP contribution in [0.5, 0.6) is 0 Å². The second-order valence-corrected chi connectivity index (χ2v) is 8.00. The van der Waals surface area contributed by atoms with Gasteiger partial charge in [0.15, 0.2) is 0 Å². The van der Waals surface area contributed by atoms with Crippen molar-refractivity contribution >= 4 is 11.8 Å². The maximum absolute atomic E-state index is 12.8. The normalized spacial score (nSPS) is 20.3. The minimum absolute atomic E-state index is 0.0364. The van der Waals surface area contributed by atoms with Crippen LogP contribution in [0.1, 0.15) is 49.1 Å². The molecule has 29 heavy (non-hydrogen) atoms. The zero-order valence-electron chi connectivity index (χ0n) is 17.0. The average Bonchev–Trinajstić information content (AvgIpc) is 3.26. The van der Waals surface area contributed by atoms with Crippen molar-refractivity contribution in [1.29, 1.82) is 0 Å². The molecule has 1 saturated heterocycles. The molecule has 1 atom stereocenters. The highest BCUT2D eigenvalue weighted by molar-refractivity contribution is 5.77. The Kier molecular flexibility index (Phi) is 6.00. The molecular formula is C23H29N3O3. The number of rotatable bonds is 5. The third-order valence-corrected chi connectivity index (χ3v) is 6.25. The molecule has 0 bridgehead atoms. The van der Waals surface area contributed by atoms with E-state index in [0.29, 0.717) is 19.0 Å². The van der Waals surface area contributed by atoms with Gasteiger partial charge in [-0.3, -0.25) is 14.5 Å². The van der Waals surface area contributed by atoms with Crippen molar-refractivity contribution in [2.24, 2.45) is 0 Å². The molecule has 1 unspecified atom stereocenters. The predicted molar refractivity (Wildman–Crippen MR) is 110 cm³/mol. The molecule has 1 fully saturated rings. The number of fused-ring (bicyclic) bond motifs is 1. The molecule has 0 radical (unpaired) electrons. The fourth-order valence-electron chi connectivity index (χ4n) is 4.69. The minimum atomic E-state index is 0.0364. The average molecular weight is 396 g/mol. The molecule has 0 spiro atoms. The Morgan fingerprint density at radius 3 is 2.62 bits per heavy atom. The van der Waals surface area contributed by atoms with Gasteiger partial charge in [-0.1, -0.05) is 24.3 Å². The predicted octanol–water partition coefficient (Wildman–Crippen LogP) is 2.90. The largest absolute Gasteiger partial charge is 0.467 e. The highest BCUT2D eigenvalue weighted by Gasteiger charge is 2.35. The van der Waals surface area contributed by atoms with Crippen molar-refractivity contribution in [3.05, 3.63) is 59.5 Å². The van der Waals surface area contributed by atoms with Crippen molar-refractivity contribution < 1.29 is 14.0 Å². The molecule has 2 aromatic rings. The van der Waals surface area contributed by atoms with Crippen molar-refractivity contribution in [1.82, 2.24) is 15.1 Å². The van der Waals surface area contributed by atoms with Gasteiger partial charge in [-0.15, -0.1) is 0 Å². The van der Waals surface area contributed by atoms with Gasteiger partial charge >= 0.3 is 0 Å². The summed E-state index contributed by atoms with van der Waals surface area (Å²) in [5, 5.41) is 3.00. The first-order valence-electron chi connectivity index (χ1n) is 10.5. The molecule has 2 aliphatic rings. The number of nitrogens with zero attached hydrogens (tertiary/aromatic N) is 2. The van der Waals surface area contributed by atoms with Crippen molar-refractivity contribution in [3.8, 4) is 0 Å². The van der Waals surface area contributed by atoms with Crippen LogP contribution < -0.4 is 5.32 Å². The van der Waals surface area contributed by atoms with E-state index in [9.17, 15) is 9.59 Å². The number of nitrogens with one attached hydrogen (secondary N) is 1. The zero-order valence-corrected chi connectivity index (χ0v) is 17.0. The number of furan rings is 1. The highest BCUT2D eigenvalue weighted by atomic mass is 16.3. The van der Waals surface area contributed by atoms with Gasteiger partial charge in [-0.25, -0.2) is 0 Å². The maximum Gasteiger partial charge on any atom is 0.222 e. The van der Waals surface area contributed by atoms with Crippen LogP contribution in [-0.4, -0.2) is 47.3 Å². The van der Waals surface area contributed by atoms with E-state index in [4.69, 9.17) is 4.42 Å². The standard InChI is InChI=1S/C23H29N3O3/c1-17(27)25-11-9-19(10-12-25)26-13-8-18-5-2-3-7-21(18)22(26)15-23(28)24-16-20-6-4-14-29-20/h2-7,14,19,22H,8-13,15-16H2,1H3,(H,24,28). The molecule has 154 valence electrons. The molecule has 4 rings (SSSR count). The van der Waals surface area contributed by atoms with Crippen LogP contribution in [0.3, 0.4) is 0 Å². The number of carbonyl (C=O) groups is 2. The Morgan fingerprint density at radius 2 is 1.90 bits per heavy atom. The number of amides is 2. The van der Waals surface area contributed by atoms with Gasteiger partial charge in [0.25, 0.3) is 0 Å². The van der Waals surface area contributed by atoms with Crippen LogP contribution >= 0.6 is 0 Å². The summed E-state index contributed by atoms with van der Waals surface area (Å²) in [7, 11) is 0. The van der Waals surface area contributed by atoms with Gasteiger partial charge in [0.2, 0.25) is 11.8 Å². The second-order valence-electron chi connectivity index (χ2n) is 8.00. The van der Waals surface area contributed by atoms with E-state index >= 15 is 0 Å². The van der Waals surface area contributed by atoms with Crippen LogP contribution in [0.2, 0.25) is 0 Å². The molecule has 2 aliphatic heterocycles. The Balaban J connectivity index is 1.47. The number of piperidine rings is 1. The Bertz CT molecular complexity index is 841. The summed E-state index contributed by atoms with van der Waals surface area (Å²) in [5.74, 6) is 0.950. The third kappa shape index (κ3) is 4.53. The Morgan fingerprint density at radius 1 is 1.10 bits per heavy atom. The number of benzene rings is 1. The van der Waals surface area contributed by atoms with Gasteiger partial charge in [0, 0.05) is 45.1 Å². The third-order valence-electron chi connectivity index (χ3n) is 6.25. The Labute approximate surface area is 171 Å². The summed E-state index contributed by atoms with van der Waals surface area (Å²) in [4.78, 5) is 28.9. The summed E-state index contributed by atoms with van der Waals surface area (Å²) >= 11 is 0. The van der Waals surface area contributed by atoms with Gasteiger partial charge in [-0.2, -0.15) is 0 Å². The number of carbonyl (C=O) groups excluding carboxylic acids is 2. The molecule has 6 heteroatoms. The summed E-state index contributed by atoms with van der Waals surface area (Å²) in [6.07, 6.45) is 4.99. The topological polar surface area (TPSA) is 65.8 Å². The van der Waals surface area contributed by atoms with E-state index in [-0.39, 0.29) is 17.9 Å². The molecular weight excluding hydrogens is 366 g/mol. The fraction of sp³-hybridized carbons (Fsp3) is 0.478. The summed E-state index contributed by atoms with van der Waals surface area (Å²) in [6, 6.07) is 12.7. The highest BCUT2D eigenvalue weighted by Crippen LogP contribution is 2.36. The van der Waals surface area contributed by atoms with Gasteiger partial charge in [-0.05, 0) is 42.5 Å². The molecule has 1 aromatic heterocycles. The molecule has 3 heterocycles. The molecule has 0 aliphatic carbocycles. The van der Waals surface area contributed by atoms with Crippen LogP contribution in [0.25, 0.3) is 0 Å². The van der Waals surface area contributed by atoms with E-state index < -0.39 is 0 Å². The van der Waals surface area contributed by atoms with Crippen LogP contribution in [-0.2, 0) is 22.6 Å². The van der Waals surface area contributed by atoms with Gasteiger partial charge < -0.3 is 14.6 Å². The first-order valence-corrected chi connectivity index (χ1v) is 10.5. The van der Waals surface area contributed by atoms with E-state index in [1.807, 2.05) is 17.0 Å². The van der Waals surface area contributed by atoms with Crippen LogP contribution in [0.4, 0.5) is 0 Å². The SMILES string of the molecule is CC(=O)N1CCC(N2CCc3ccccc3C2CC(=O)NCc2ccco2)CC1. The Hall–Kier alpha value is -2.60. The lowest BCUT2D eigenvalue weighted by molar-refractivity contribution is -0.130. The lowest BCUT2D eigenvalue weighted by Gasteiger charge is -2.45. The first kappa shape index (κ1) is 19.7. The summed E-state index contributed by atoms with van der Waals surface area (Å²) in [6.45, 7) is 4.61. The number of hydrogen-bond donors (Lipinski definition) is 1. The maximum atomic E-state index is 12.8. The molecule has 6 nitrogen and oxygen atoms in total. The minimum Gasteiger partial charge on any atom is -0.467 e. The van der Waals surface area contributed by atoms with Crippen molar-refractivity contribution in [2.45, 2.75) is 51.2 Å². The lowest BCUT2D eigenvalue weighted by Crippen LogP contribution is -2.50. The van der Waals surface area contributed by atoms with Gasteiger partial charge in [0.05, 0.1) is 12.8 Å². The zero-order chi connectivity index (χ0) is 20.2. The monoisotopic (exact) mass is 395 g/mol. The summed E-state index contributed by atoms with van der Waals surface area (Å²) < 4.78 is 5.32. The smallest absolute Gasteiger partial charge is 0.222 e. The summed E-state index contributed by atoms with van der Waals surface area (Å²) in [5.41, 5.74) is 2.61. The lowest BCUT2D eigenvalue weighted by atomic mass is 9.87. The molecule has 1 N–H and O–H groups in total. The van der Waals surface area contributed by atoms with Crippen LogP contribution in [0, 0.1) is 0 Å². The molecule has 1 aromatic carbocycles. The van der Waals surface area contributed by atoms with Crippen molar-refractivity contribution in [3.63, 3.8) is 0 Å². The quantitative estimate of drug-likeness (QED) is 0.845. The fourth-order valence-corrected chi connectivity index (χ4v) is 4.69. The molecule has 0 saturated carbocycles. The van der Waals surface area contributed by atoms with Gasteiger partial charge in [0.1, 0.15) is 5.76 Å². The van der Waals surface area contributed by atoms with E-state index in [2.05, 4.69) is 34.5 Å². The second kappa shape index (κ2) is 8.82. The first-order chi connectivity index (χ1) is 14.1. The number of hydrogen-bond acceptors (Lipinski definition) is 4. The number of likely N-dealkylation sites (tertiary alicyclic amines) is 1. The van der Waals surface area contributed by atoms with E-state index in [1.165, 1.54) is 11.1 Å².